The van der Waals surface area contributed by atoms with E-state index in [0.29, 0.717) is 0 Å². The van der Waals surface area contributed by atoms with Crippen molar-refractivity contribution < 1.29 is 0 Å². The summed E-state index contributed by atoms with van der Waals surface area (Å²) in [7, 11) is 0. The normalized spacial score (nSPS) is 11.8. The van der Waals surface area contributed by atoms with E-state index in [1.54, 1.807) is 0 Å². The summed E-state index contributed by atoms with van der Waals surface area (Å²) >= 11 is 5.53. The second-order valence-electron chi connectivity index (χ2n) is 2.83. The molecule has 0 bridgehead atoms. The van der Waals surface area contributed by atoms with E-state index in [-0.39, 0.29) is 0 Å². The Labute approximate surface area is 81.3 Å². The molecule has 0 nitrogen and oxygen atoms in total. The average Bonchev–Trinajstić information content (AvgIpc) is 2.10. The second kappa shape index (κ2) is 10.8. The molecule has 0 aromatic heterocycles. The molecule has 0 saturated carbocycles. The van der Waals surface area contributed by atoms with Gasteiger partial charge < -0.3 is 0 Å². The molecule has 0 atom stereocenters. The molecule has 0 N–H and O–H groups in total. The molecule has 0 saturated heterocycles. The lowest BCUT2D eigenvalue weighted by Gasteiger charge is -1.86. The van der Waals surface area contributed by atoms with Crippen LogP contribution in [0.3, 0.4) is 0 Å². The van der Waals surface area contributed by atoms with Crippen molar-refractivity contribution in [3.05, 3.63) is 24.3 Å². The van der Waals surface area contributed by atoms with Gasteiger partial charge in [0.2, 0.25) is 0 Å². The van der Waals surface area contributed by atoms with E-state index in [1.807, 2.05) is 0 Å². The van der Waals surface area contributed by atoms with Gasteiger partial charge in [0.25, 0.3) is 0 Å². The zero-order valence-electron chi connectivity index (χ0n) is 7.93. The van der Waals surface area contributed by atoms with Gasteiger partial charge >= 0.3 is 0 Å². The Morgan fingerprint density at radius 3 is 2.08 bits per heavy atom. The lowest BCUT2D eigenvalue weighted by Crippen LogP contribution is -1.70. The van der Waals surface area contributed by atoms with Gasteiger partial charge in [-0.2, -0.15) is 0 Å². The predicted molar refractivity (Wildman–Crippen MR) is 57.8 cm³/mol. The van der Waals surface area contributed by atoms with Crippen LogP contribution in [0.25, 0.3) is 0 Å². The van der Waals surface area contributed by atoms with Crippen LogP contribution in [0.5, 0.6) is 0 Å². The minimum Gasteiger partial charge on any atom is -0.127 e. The maximum Gasteiger partial charge on any atom is 0.0226 e. The first kappa shape index (κ1) is 11.8. The van der Waals surface area contributed by atoms with E-state index in [9.17, 15) is 0 Å². The maximum absolute atomic E-state index is 5.53. The van der Waals surface area contributed by atoms with Crippen LogP contribution in [-0.2, 0) is 0 Å². The predicted octanol–water partition coefficient (Wildman–Crippen LogP) is 4.31. The van der Waals surface area contributed by atoms with Gasteiger partial charge in [0.05, 0.1) is 0 Å². The molecule has 0 aliphatic carbocycles. The standard InChI is InChI=1S/C11H19Cl/c1-2-3-4-5-6-7-8-9-10-11-12/h5-8H,2-4,9-11H2,1H3/b6-5+,8-7-. The zero-order chi connectivity index (χ0) is 9.07. The molecule has 1 heteroatoms. The minimum atomic E-state index is 0.768. The van der Waals surface area contributed by atoms with E-state index < -0.39 is 0 Å². The Bertz CT molecular complexity index is 109. The largest absolute Gasteiger partial charge is 0.127 e. The first-order valence-corrected chi connectivity index (χ1v) is 5.33. The van der Waals surface area contributed by atoms with Gasteiger partial charge in [0.1, 0.15) is 0 Å². The van der Waals surface area contributed by atoms with Crippen LogP contribution in [0.2, 0.25) is 0 Å². The summed E-state index contributed by atoms with van der Waals surface area (Å²) in [6.45, 7) is 2.21. The summed E-state index contributed by atoms with van der Waals surface area (Å²) in [5, 5.41) is 0. The van der Waals surface area contributed by atoms with Gasteiger partial charge in [-0.25, -0.2) is 0 Å². The van der Waals surface area contributed by atoms with Crippen molar-refractivity contribution >= 4 is 11.6 Å². The number of halogens is 1. The van der Waals surface area contributed by atoms with Crippen LogP contribution >= 0.6 is 11.6 Å². The van der Waals surface area contributed by atoms with Crippen LogP contribution < -0.4 is 0 Å². The molecule has 0 amide bonds. The highest BCUT2D eigenvalue weighted by molar-refractivity contribution is 6.17. The molecule has 0 heterocycles. The molecular formula is C11H19Cl. The Morgan fingerprint density at radius 2 is 1.58 bits per heavy atom. The summed E-state index contributed by atoms with van der Waals surface area (Å²) < 4.78 is 0. The molecule has 0 rings (SSSR count). The third kappa shape index (κ3) is 9.77. The lowest BCUT2D eigenvalue weighted by atomic mass is 10.2. The number of alkyl halides is 1. The van der Waals surface area contributed by atoms with E-state index in [0.717, 1.165) is 18.7 Å². The zero-order valence-corrected chi connectivity index (χ0v) is 8.69. The van der Waals surface area contributed by atoms with Crippen LogP contribution in [0.15, 0.2) is 24.3 Å². The molecule has 70 valence electrons. The van der Waals surface area contributed by atoms with Crippen molar-refractivity contribution in [1.82, 2.24) is 0 Å². The number of hydrogen-bond acceptors (Lipinski definition) is 0. The van der Waals surface area contributed by atoms with Crippen molar-refractivity contribution in [2.45, 2.75) is 39.0 Å². The van der Waals surface area contributed by atoms with E-state index >= 15 is 0 Å². The number of allylic oxidation sites excluding steroid dienone is 4. The fourth-order valence-electron chi connectivity index (χ4n) is 0.867. The highest BCUT2D eigenvalue weighted by Crippen LogP contribution is 1.96. The van der Waals surface area contributed by atoms with Crippen LogP contribution in [0.4, 0.5) is 0 Å². The summed E-state index contributed by atoms with van der Waals surface area (Å²) in [4.78, 5) is 0. The van der Waals surface area contributed by atoms with Gasteiger partial charge in [0.15, 0.2) is 0 Å². The van der Waals surface area contributed by atoms with E-state index in [2.05, 4.69) is 31.2 Å². The van der Waals surface area contributed by atoms with Crippen molar-refractivity contribution in [2.24, 2.45) is 0 Å². The van der Waals surface area contributed by atoms with Crippen LogP contribution in [-0.4, -0.2) is 5.88 Å². The summed E-state index contributed by atoms with van der Waals surface area (Å²) in [6.07, 6.45) is 14.6. The molecule has 0 aromatic carbocycles. The van der Waals surface area contributed by atoms with Crippen molar-refractivity contribution in [3.63, 3.8) is 0 Å². The van der Waals surface area contributed by atoms with E-state index in [1.165, 1.54) is 19.3 Å². The topological polar surface area (TPSA) is 0 Å². The maximum atomic E-state index is 5.53. The molecule has 0 aliphatic rings. The fraction of sp³-hybridized carbons (Fsp3) is 0.636. The second-order valence-corrected chi connectivity index (χ2v) is 3.21. The first-order chi connectivity index (χ1) is 5.91. The molecule has 0 fully saturated rings. The lowest BCUT2D eigenvalue weighted by molar-refractivity contribution is 0.815. The Balaban J connectivity index is 3.15. The SMILES string of the molecule is CCCC/C=C/C=C\CCCCl. The van der Waals surface area contributed by atoms with Gasteiger partial charge in [0, 0.05) is 5.88 Å². The Hall–Kier alpha value is -0.230. The third-order valence-electron chi connectivity index (χ3n) is 1.61. The summed E-state index contributed by atoms with van der Waals surface area (Å²) in [5.41, 5.74) is 0. The monoisotopic (exact) mass is 186 g/mol. The van der Waals surface area contributed by atoms with Crippen molar-refractivity contribution in [2.75, 3.05) is 5.88 Å². The summed E-state index contributed by atoms with van der Waals surface area (Å²) in [6, 6.07) is 0. The Kier molecular flexibility index (Phi) is 10.6. The van der Waals surface area contributed by atoms with Crippen molar-refractivity contribution in [3.8, 4) is 0 Å². The fourth-order valence-corrected chi connectivity index (χ4v) is 1.02. The van der Waals surface area contributed by atoms with Gasteiger partial charge in [-0.15, -0.1) is 11.6 Å². The molecule has 0 aromatic rings. The molecule has 0 aliphatic heterocycles. The summed E-state index contributed by atoms with van der Waals surface area (Å²) in [5.74, 6) is 0.768. The quantitative estimate of drug-likeness (QED) is 0.316. The smallest absolute Gasteiger partial charge is 0.0226 e. The van der Waals surface area contributed by atoms with Crippen molar-refractivity contribution in [1.29, 1.82) is 0 Å². The van der Waals surface area contributed by atoms with Crippen LogP contribution in [0, 0.1) is 0 Å². The van der Waals surface area contributed by atoms with Gasteiger partial charge in [-0.1, -0.05) is 44.1 Å². The third-order valence-corrected chi connectivity index (χ3v) is 1.88. The minimum absolute atomic E-state index is 0.768. The number of rotatable bonds is 7. The van der Waals surface area contributed by atoms with E-state index in [4.69, 9.17) is 11.6 Å². The molecule has 0 radical (unpaired) electrons. The number of unbranched alkanes of at least 4 members (excludes halogenated alkanes) is 3. The van der Waals surface area contributed by atoms with Gasteiger partial charge in [-0.05, 0) is 19.3 Å². The number of hydrogen-bond donors (Lipinski definition) is 0. The molecule has 12 heavy (non-hydrogen) atoms. The molecular weight excluding hydrogens is 168 g/mol. The van der Waals surface area contributed by atoms with Gasteiger partial charge in [-0.3, -0.25) is 0 Å². The highest BCUT2D eigenvalue weighted by Gasteiger charge is 1.77. The average molecular weight is 187 g/mol. The highest BCUT2D eigenvalue weighted by atomic mass is 35.5. The molecule has 0 unspecified atom stereocenters. The Morgan fingerprint density at radius 1 is 1.00 bits per heavy atom. The molecule has 0 spiro atoms. The first-order valence-electron chi connectivity index (χ1n) is 4.79. The van der Waals surface area contributed by atoms with Crippen LogP contribution in [0.1, 0.15) is 39.0 Å².